The van der Waals surface area contributed by atoms with Crippen molar-refractivity contribution in [1.82, 2.24) is 15.0 Å². The molecule has 8 heteroatoms. The van der Waals surface area contributed by atoms with E-state index >= 15 is 0 Å². The Hall–Kier alpha value is -3.81. The molecule has 0 amide bonds. The average Bonchev–Trinajstić information content (AvgIpc) is 3.20. The van der Waals surface area contributed by atoms with Crippen LogP contribution in [-0.4, -0.2) is 27.5 Å². The fraction of sp³-hybridized carbons (Fsp3) is 0.250. The lowest BCUT2D eigenvalue weighted by atomic mass is 10.0. The standard InChI is InChI=1S/C24H22FN3O4/c1-3-30-21(29)10-6-7-16-11-12-17(13-15(16)2)22-27-19-14-26-24(28-23(19)32-22)31-20-9-5-4-8-18(20)25/h4-5,8-9,11-14H,3,6-7,10H2,1-2H3. The van der Waals surface area contributed by atoms with Crippen molar-refractivity contribution in [3.05, 3.63) is 65.6 Å². The molecule has 0 aliphatic carbocycles. The fourth-order valence-electron chi connectivity index (χ4n) is 3.28. The van der Waals surface area contributed by atoms with Gasteiger partial charge in [0.1, 0.15) is 5.52 Å². The van der Waals surface area contributed by atoms with Gasteiger partial charge < -0.3 is 13.9 Å². The maximum Gasteiger partial charge on any atom is 0.325 e. The minimum absolute atomic E-state index is 0.0285. The van der Waals surface area contributed by atoms with Crippen LogP contribution in [0.5, 0.6) is 11.8 Å². The number of carbonyl (C=O) groups is 1. The molecule has 7 nitrogen and oxygen atoms in total. The van der Waals surface area contributed by atoms with Gasteiger partial charge in [0, 0.05) is 12.0 Å². The number of ether oxygens (including phenoxy) is 2. The molecule has 0 aliphatic rings. The van der Waals surface area contributed by atoms with Crippen molar-refractivity contribution in [2.45, 2.75) is 33.1 Å². The van der Waals surface area contributed by atoms with E-state index in [4.69, 9.17) is 13.9 Å². The van der Waals surface area contributed by atoms with Crippen molar-refractivity contribution < 1.29 is 23.1 Å². The predicted molar refractivity (Wildman–Crippen MR) is 116 cm³/mol. The number of oxazole rings is 1. The molecule has 2 aromatic heterocycles. The van der Waals surface area contributed by atoms with Crippen LogP contribution in [0.4, 0.5) is 4.39 Å². The number of hydrogen-bond acceptors (Lipinski definition) is 7. The van der Waals surface area contributed by atoms with Crippen molar-refractivity contribution in [1.29, 1.82) is 0 Å². The largest absolute Gasteiger partial charge is 0.466 e. The van der Waals surface area contributed by atoms with Crippen LogP contribution >= 0.6 is 0 Å². The topological polar surface area (TPSA) is 87.3 Å². The van der Waals surface area contributed by atoms with E-state index in [-0.39, 0.29) is 23.4 Å². The number of para-hydroxylation sites is 1. The molecule has 0 N–H and O–H groups in total. The van der Waals surface area contributed by atoms with E-state index < -0.39 is 5.82 Å². The summed E-state index contributed by atoms with van der Waals surface area (Å²) in [6.45, 7) is 4.21. The third-order valence-electron chi connectivity index (χ3n) is 4.89. The molecule has 164 valence electrons. The first-order valence-electron chi connectivity index (χ1n) is 10.3. The van der Waals surface area contributed by atoms with Gasteiger partial charge in [0.05, 0.1) is 12.8 Å². The summed E-state index contributed by atoms with van der Waals surface area (Å²) in [6.07, 6.45) is 3.38. The molecule has 0 saturated carbocycles. The summed E-state index contributed by atoms with van der Waals surface area (Å²) < 4.78 is 30.0. The van der Waals surface area contributed by atoms with Crippen LogP contribution < -0.4 is 4.74 Å². The van der Waals surface area contributed by atoms with Crippen molar-refractivity contribution >= 4 is 17.2 Å². The molecule has 0 atom stereocenters. The second-order valence-electron chi connectivity index (χ2n) is 7.19. The number of aromatic nitrogens is 3. The van der Waals surface area contributed by atoms with Crippen LogP contribution in [-0.2, 0) is 16.0 Å². The highest BCUT2D eigenvalue weighted by Crippen LogP contribution is 2.27. The first kappa shape index (κ1) is 21.4. The summed E-state index contributed by atoms with van der Waals surface area (Å²) in [7, 11) is 0. The number of aryl methyl sites for hydroxylation is 2. The quantitative estimate of drug-likeness (QED) is 0.342. The van der Waals surface area contributed by atoms with Gasteiger partial charge in [0.25, 0.3) is 5.71 Å². The molecule has 0 unspecified atom stereocenters. The van der Waals surface area contributed by atoms with E-state index in [1.165, 1.54) is 18.3 Å². The van der Waals surface area contributed by atoms with Gasteiger partial charge in [-0.3, -0.25) is 4.79 Å². The first-order valence-corrected chi connectivity index (χ1v) is 10.3. The van der Waals surface area contributed by atoms with E-state index in [0.717, 1.165) is 29.5 Å². The maximum atomic E-state index is 13.8. The summed E-state index contributed by atoms with van der Waals surface area (Å²) in [4.78, 5) is 24.2. The molecular formula is C24H22FN3O4. The summed E-state index contributed by atoms with van der Waals surface area (Å²) in [5, 5.41) is 0. The van der Waals surface area contributed by atoms with Gasteiger partial charge in [0.2, 0.25) is 5.89 Å². The van der Waals surface area contributed by atoms with E-state index in [2.05, 4.69) is 15.0 Å². The minimum Gasteiger partial charge on any atom is -0.466 e. The Morgan fingerprint density at radius 1 is 1.16 bits per heavy atom. The lowest BCUT2D eigenvalue weighted by Gasteiger charge is -2.07. The molecule has 0 aliphatic heterocycles. The number of benzene rings is 2. The van der Waals surface area contributed by atoms with E-state index in [0.29, 0.717) is 24.4 Å². The molecule has 4 aromatic rings. The molecule has 0 bridgehead atoms. The third-order valence-corrected chi connectivity index (χ3v) is 4.89. The number of nitrogens with zero attached hydrogens (tertiary/aromatic N) is 3. The predicted octanol–water partition coefficient (Wildman–Crippen LogP) is 5.41. The molecule has 0 radical (unpaired) electrons. The normalized spacial score (nSPS) is 11.0. The van der Waals surface area contributed by atoms with Gasteiger partial charge in [-0.2, -0.15) is 4.98 Å². The lowest BCUT2D eigenvalue weighted by molar-refractivity contribution is -0.143. The average molecular weight is 435 g/mol. The minimum atomic E-state index is -0.507. The first-order chi connectivity index (χ1) is 15.5. The number of carbonyl (C=O) groups excluding carboxylic acids is 1. The summed E-state index contributed by atoms with van der Waals surface area (Å²) in [6, 6.07) is 11.9. The number of fused-ring (bicyclic) bond motifs is 1. The van der Waals surface area contributed by atoms with Crippen LogP contribution in [0.25, 0.3) is 22.7 Å². The molecule has 2 heterocycles. The van der Waals surface area contributed by atoms with Gasteiger partial charge >= 0.3 is 12.0 Å². The van der Waals surface area contributed by atoms with Crippen LogP contribution in [0, 0.1) is 12.7 Å². The lowest BCUT2D eigenvalue weighted by Crippen LogP contribution is -2.04. The molecule has 0 saturated heterocycles. The second kappa shape index (κ2) is 9.55. The monoisotopic (exact) mass is 435 g/mol. The van der Waals surface area contributed by atoms with Crippen LogP contribution in [0.2, 0.25) is 0 Å². The number of esters is 1. The summed E-state index contributed by atoms with van der Waals surface area (Å²) in [5.41, 5.74) is 3.73. The Bertz CT molecular complexity index is 1260. The Kier molecular flexibility index (Phi) is 6.39. The van der Waals surface area contributed by atoms with Gasteiger partial charge in [-0.15, -0.1) is 0 Å². The highest BCUT2D eigenvalue weighted by atomic mass is 19.1. The molecule has 2 aromatic carbocycles. The van der Waals surface area contributed by atoms with Crippen LogP contribution in [0.15, 0.2) is 53.1 Å². The Morgan fingerprint density at radius 3 is 2.78 bits per heavy atom. The maximum absolute atomic E-state index is 13.8. The number of rotatable bonds is 8. The molecule has 0 fully saturated rings. The Morgan fingerprint density at radius 2 is 2.00 bits per heavy atom. The zero-order valence-electron chi connectivity index (χ0n) is 17.8. The second-order valence-corrected chi connectivity index (χ2v) is 7.19. The number of halogens is 1. The third kappa shape index (κ3) is 4.91. The van der Waals surface area contributed by atoms with Crippen molar-refractivity contribution in [3.63, 3.8) is 0 Å². The Labute approximate surface area is 184 Å². The van der Waals surface area contributed by atoms with Gasteiger partial charge in [-0.05, 0) is 62.1 Å². The number of hydrogen-bond donors (Lipinski definition) is 0. The van der Waals surface area contributed by atoms with Crippen molar-refractivity contribution in [2.24, 2.45) is 0 Å². The van der Waals surface area contributed by atoms with E-state index in [9.17, 15) is 9.18 Å². The molecular weight excluding hydrogens is 413 g/mol. The summed E-state index contributed by atoms with van der Waals surface area (Å²) in [5.74, 6) is -0.251. The van der Waals surface area contributed by atoms with E-state index in [1.54, 1.807) is 19.1 Å². The van der Waals surface area contributed by atoms with E-state index in [1.807, 2.05) is 25.1 Å². The van der Waals surface area contributed by atoms with Crippen LogP contribution in [0.3, 0.4) is 0 Å². The SMILES string of the molecule is CCOC(=O)CCCc1ccc(-c2nc3cnc(Oc4ccccc4F)nc3o2)cc1C. The van der Waals surface area contributed by atoms with Gasteiger partial charge in [-0.1, -0.05) is 18.2 Å². The Balaban J connectivity index is 1.49. The highest BCUT2D eigenvalue weighted by Gasteiger charge is 2.14. The molecule has 4 rings (SSSR count). The van der Waals surface area contributed by atoms with Gasteiger partial charge in [-0.25, -0.2) is 14.4 Å². The zero-order chi connectivity index (χ0) is 22.5. The van der Waals surface area contributed by atoms with Crippen molar-refractivity contribution in [2.75, 3.05) is 6.61 Å². The highest BCUT2D eigenvalue weighted by molar-refractivity contribution is 5.72. The van der Waals surface area contributed by atoms with Crippen molar-refractivity contribution in [3.8, 4) is 23.2 Å². The summed E-state index contributed by atoms with van der Waals surface area (Å²) >= 11 is 0. The van der Waals surface area contributed by atoms with Crippen LogP contribution in [0.1, 0.15) is 30.9 Å². The molecule has 0 spiro atoms. The molecule has 32 heavy (non-hydrogen) atoms. The van der Waals surface area contributed by atoms with Gasteiger partial charge in [0.15, 0.2) is 11.6 Å². The zero-order valence-corrected chi connectivity index (χ0v) is 17.8. The smallest absolute Gasteiger partial charge is 0.325 e. The fourth-order valence-corrected chi connectivity index (χ4v) is 3.28.